The van der Waals surface area contributed by atoms with Crippen molar-refractivity contribution < 1.29 is 28.3 Å². The summed E-state index contributed by atoms with van der Waals surface area (Å²) in [7, 11) is 0. The molecule has 0 saturated carbocycles. The lowest BCUT2D eigenvalue weighted by Crippen LogP contribution is -2.14. The molecule has 0 fully saturated rings. The van der Waals surface area contributed by atoms with Crippen molar-refractivity contribution in [3.8, 4) is 5.75 Å². The molecule has 0 saturated heterocycles. The van der Waals surface area contributed by atoms with Crippen molar-refractivity contribution in [3.05, 3.63) is 63.6 Å². The molecule has 3 rings (SSSR count). The highest BCUT2D eigenvalue weighted by atomic mass is 16.7. The van der Waals surface area contributed by atoms with Gasteiger partial charge >= 0.3 is 5.97 Å². The van der Waals surface area contributed by atoms with E-state index in [1.807, 2.05) is 0 Å². The van der Waals surface area contributed by atoms with Gasteiger partial charge in [-0.25, -0.2) is 4.79 Å². The summed E-state index contributed by atoms with van der Waals surface area (Å²) >= 11 is 0. The third-order valence-corrected chi connectivity index (χ3v) is 3.28. The summed E-state index contributed by atoms with van der Waals surface area (Å²) in [6, 6.07) is 6.10. The molecule has 124 valence electrons. The molecule has 8 heteroatoms. The van der Waals surface area contributed by atoms with E-state index in [2.05, 4.69) is 0 Å². The molecule has 2 aromatic rings. The number of nitro groups is 1. The van der Waals surface area contributed by atoms with Crippen molar-refractivity contribution in [3.63, 3.8) is 0 Å². The fourth-order valence-corrected chi connectivity index (χ4v) is 2.23. The van der Waals surface area contributed by atoms with Gasteiger partial charge in [0, 0.05) is 29.3 Å². The first-order valence-corrected chi connectivity index (χ1v) is 7.02. The summed E-state index contributed by atoms with van der Waals surface area (Å²) in [5, 5.41) is 11.0. The van der Waals surface area contributed by atoms with Crippen LogP contribution in [0.1, 0.15) is 16.9 Å². The number of fused-ring (bicyclic) bond motifs is 1. The van der Waals surface area contributed by atoms with Crippen LogP contribution in [0.4, 0.5) is 5.69 Å². The van der Waals surface area contributed by atoms with Gasteiger partial charge in [0.25, 0.3) is 5.69 Å². The molecule has 1 aliphatic heterocycles. The van der Waals surface area contributed by atoms with E-state index in [1.54, 1.807) is 12.1 Å². The lowest BCUT2D eigenvalue weighted by atomic mass is 10.1. The second-order valence-corrected chi connectivity index (χ2v) is 4.92. The fraction of sp³-hybridized carbons (Fsp3) is 0.188. The Bertz CT molecular complexity index is 780. The van der Waals surface area contributed by atoms with Crippen LogP contribution in [0.5, 0.6) is 5.75 Å². The predicted molar refractivity (Wildman–Crippen MR) is 80.9 cm³/mol. The number of esters is 1. The molecule has 8 nitrogen and oxygen atoms in total. The highest BCUT2D eigenvalue weighted by molar-refractivity contribution is 5.86. The Balaban J connectivity index is 1.73. The first-order chi connectivity index (χ1) is 11.6. The van der Waals surface area contributed by atoms with Crippen molar-refractivity contribution in [2.45, 2.75) is 13.2 Å². The summed E-state index contributed by atoms with van der Waals surface area (Å²) in [4.78, 5) is 22.2. The van der Waals surface area contributed by atoms with Crippen LogP contribution >= 0.6 is 0 Å². The van der Waals surface area contributed by atoms with Gasteiger partial charge in [0.2, 0.25) is 0 Å². The maximum Gasteiger partial charge on any atom is 0.331 e. The minimum Gasteiger partial charge on any atom is -0.467 e. The van der Waals surface area contributed by atoms with E-state index in [0.717, 1.165) is 0 Å². The smallest absolute Gasteiger partial charge is 0.331 e. The average molecular weight is 331 g/mol. The zero-order chi connectivity index (χ0) is 16.9. The topological polar surface area (TPSA) is 101 Å². The Morgan fingerprint density at radius 1 is 1.42 bits per heavy atom. The molecular formula is C16H13NO7. The van der Waals surface area contributed by atoms with Crippen LogP contribution < -0.4 is 4.74 Å². The number of nitrogens with zero attached hydrogens (tertiary/aromatic N) is 1. The van der Waals surface area contributed by atoms with E-state index < -0.39 is 10.9 Å². The van der Waals surface area contributed by atoms with Crippen LogP contribution in [0.2, 0.25) is 0 Å². The molecule has 0 amide bonds. The van der Waals surface area contributed by atoms with Gasteiger partial charge in [0.1, 0.15) is 18.1 Å². The predicted octanol–water partition coefficient (Wildman–Crippen LogP) is 2.81. The number of benzene rings is 1. The molecular weight excluding hydrogens is 318 g/mol. The highest BCUT2D eigenvalue weighted by Gasteiger charge is 2.21. The largest absolute Gasteiger partial charge is 0.467 e. The Morgan fingerprint density at radius 3 is 3.04 bits per heavy atom. The number of furan rings is 1. The van der Waals surface area contributed by atoms with Crippen molar-refractivity contribution in [1.82, 2.24) is 0 Å². The summed E-state index contributed by atoms with van der Waals surface area (Å²) in [5.41, 5.74) is 0.856. The van der Waals surface area contributed by atoms with Gasteiger partial charge in [-0.1, -0.05) is 0 Å². The number of non-ortho nitro benzene ring substituents is 1. The third kappa shape index (κ3) is 3.61. The molecule has 1 aromatic heterocycles. The summed E-state index contributed by atoms with van der Waals surface area (Å²) in [5.74, 6) is 0.369. The monoisotopic (exact) mass is 331 g/mol. The van der Waals surface area contributed by atoms with Gasteiger partial charge < -0.3 is 18.6 Å². The Hall–Kier alpha value is -3.13. The minimum absolute atomic E-state index is 0.0458. The quantitative estimate of drug-likeness (QED) is 0.359. The van der Waals surface area contributed by atoms with Crippen LogP contribution in [-0.2, 0) is 27.5 Å². The Morgan fingerprint density at radius 2 is 2.29 bits per heavy atom. The molecule has 0 aliphatic carbocycles. The molecule has 0 spiro atoms. The second-order valence-electron chi connectivity index (χ2n) is 4.92. The molecule has 0 N–H and O–H groups in total. The van der Waals surface area contributed by atoms with E-state index in [-0.39, 0.29) is 25.7 Å². The van der Waals surface area contributed by atoms with Gasteiger partial charge in [-0.2, -0.15) is 0 Å². The number of ether oxygens (including phenoxy) is 3. The van der Waals surface area contributed by atoms with Gasteiger partial charge in [-0.15, -0.1) is 0 Å². The molecule has 1 aliphatic rings. The first-order valence-electron chi connectivity index (χ1n) is 7.02. The second kappa shape index (κ2) is 6.97. The molecule has 1 aromatic carbocycles. The molecule has 0 radical (unpaired) electrons. The Kier molecular flexibility index (Phi) is 4.57. The van der Waals surface area contributed by atoms with E-state index >= 15 is 0 Å². The number of hydrogen-bond acceptors (Lipinski definition) is 7. The first kappa shape index (κ1) is 15.8. The lowest BCUT2D eigenvalue weighted by molar-refractivity contribution is -0.385. The lowest BCUT2D eigenvalue weighted by Gasteiger charge is -2.20. The molecule has 0 atom stereocenters. The number of carbonyl (C=O) groups excluding carboxylic acids is 1. The fourth-order valence-electron chi connectivity index (χ4n) is 2.23. The maximum absolute atomic E-state index is 11.7. The molecule has 2 heterocycles. The maximum atomic E-state index is 11.7. The molecule has 0 unspecified atom stereocenters. The van der Waals surface area contributed by atoms with Gasteiger partial charge in [-0.05, 0) is 18.2 Å². The van der Waals surface area contributed by atoms with Crippen LogP contribution in [0.15, 0.2) is 41.0 Å². The number of carbonyl (C=O) groups is 1. The van der Waals surface area contributed by atoms with Crippen LogP contribution in [0.25, 0.3) is 6.08 Å². The van der Waals surface area contributed by atoms with Crippen LogP contribution in [0.3, 0.4) is 0 Å². The van der Waals surface area contributed by atoms with Crippen molar-refractivity contribution in [2.75, 3.05) is 6.79 Å². The van der Waals surface area contributed by atoms with E-state index in [9.17, 15) is 14.9 Å². The van der Waals surface area contributed by atoms with E-state index in [0.29, 0.717) is 22.6 Å². The summed E-state index contributed by atoms with van der Waals surface area (Å²) in [6.45, 7) is 0.103. The van der Waals surface area contributed by atoms with E-state index in [4.69, 9.17) is 18.6 Å². The van der Waals surface area contributed by atoms with Crippen molar-refractivity contribution in [1.29, 1.82) is 0 Å². The normalized spacial score (nSPS) is 13.3. The zero-order valence-corrected chi connectivity index (χ0v) is 12.5. The average Bonchev–Trinajstić information content (AvgIpc) is 3.11. The third-order valence-electron chi connectivity index (χ3n) is 3.28. The highest BCUT2D eigenvalue weighted by Crippen LogP contribution is 2.33. The van der Waals surface area contributed by atoms with Gasteiger partial charge in [0.15, 0.2) is 6.79 Å². The number of rotatable bonds is 5. The van der Waals surface area contributed by atoms with Gasteiger partial charge in [-0.3, -0.25) is 10.1 Å². The molecule has 0 bridgehead atoms. The van der Waals surface area contributed by atoms with Crippen LogP contribution in [0, 0.1) is 10.1 Å². The van der Waals surface area contributed by atoms with E-state index in [1.165, 1.54) is 30.5 Å². The van der Waals surface area contributed by atoms with Crippen molar-refractivity contribution >= 4 is 17.7 Å². The molecule has 24 heavy (non-hydrogen) atoms. The van der Waals surface area contributed by atoms with Gasteiger partial charge in [0.05, 0.1) is 17.8 Å². The van der Waals surface area contributed by atoms with Crippen LogP contribution in [-0.4, -0.2) is 17.7 Å². The standard InChI is InChI=1S/C16H13NO7/c18-15(4-3-14-2-1-5-22-14)23-9-12-7-13(17(19)20)6-11-8-21-10-24-16(11)12/h1-7H,8-10H2/b4-3+. The zero-order valence-electron chi connectivity index (χ0n) is 12.5. The minimum atomic E-state index is -0.598. The summed E-state index contributed by atoms with van der Waals surface area (Å²) in [6.07, 6.45) is 4.17. The summed E-state index contributed by atoms with van der Waals surface area (Å²) < 4.78 is 20.7. The SMILES string of the molecule is O=C(/C=C/c1ccco1)OCc1cc([N+](=O)[O-])cc2c1OCOC2. The number of hydrogen-bond donors (Lipinski definition) is 0. The van der Waals surface area contributed by atoms with Crippen molar-refractivity contribution in [2.24, 2.45) is 0 Å². The number of nitro benzene ring substituents is 1. The Labute approximate surface area is 136 Å².